The summed E-state index contributed by atoms with van der Waals surface area (Å²) in [5.74, 6) is 0. The maximum atomic E-state index is 6.47. The van der Waals surface area contributed by atoms with E-state index in [2.05, 4.69) is 86.0 Å². The molecule has 0 fully saturated rings. The Hall–Kier alpha value is -1.68. The van der Waals surface area contributed by atoms with Gasteiger partial charge in [0.05, 0.1) is 0 Å². The third-order valence-electron chi connectivity index (χ3n) is 5.49. The average Bonchev–Trinajstić information content (AvgIpc) is 2.71. The highest BCUT2D eigenvalue weighted by atomic mass is 15.1. The molecule has 0 aromatic heterocycles. The molecule has 0 aliphatic carbocycles. The summed E-state index contributed by atoms with van der Waals surface area (Å²) in [7, 11) is 0. The van der Waals surface area contributed by atoms with Crippen LogP contribution >= 0.6 is 0 Å². The van der Waals surface area contributed by atoms with Gasteiger partial charge < -0.3 is 5.73 Å². The second-order valence-corrected chi connectivity index (χ2v) is 7.29. The molecule has 1 atom stereocenters. The maximum Gasteiger partial charge on any atom is 0.0335 e. The van der Waals surface area contributed by atoms with Crippen LogP contribution in [0.2, 0.25) is 0 Å². The van der Waals surface area contributed by atoms with Crippen molar-refractivity contribution in [2.75, 3.05) is 26.2 Å². The summed E-state index contributed by atoms with van der Waals surface area (Å²) in [5.41, 5.74) is 11.7. The third-order valence-corrected chi connectivity index (χ3v) is 5.49. The Bertz CT molecular complexity index is 640. The first-order valence-electron chi connectivity index (χ1n) is 10.5. The topological polar surface area (TPSA) is 32.5 Å². The van der Waals surface area contributed by atoms with Crippen molar-refractivity contribution >= 4 is 0 Å². The van der Waals surface area contributed by atoms with Gasteiger partial charge in [0.15, 0.2) is 0 Å². The zero-order chi connectivity index (χ0) is 19.6. The number of benzene rings is 2. The van der Waals surface area contributed by atoms with Crippen molar-refractivity contribution in [2.45, 2.75) is 53.2 Å². The van der Waals surface area contributed by atoms with E-state index in [4.69, 9.17) is 5.73 Å². The second kappa shape index (κ2) is 11.2. The van der Waals surface area contributed by atoms with E-state index in [9.17, 15) is 0 Å². The molecule has 0 radical (unpaired) electrons. The Morgan fingerprint density at radius 3 is 1.41 bits per heavy atom. The number of hydrogen-bond donors (Lipinski definition) is 1. The molecule has 0 amide bonds. The fourth-order valence-electron chi connectivity index (χ4n) is 3.43. The molecule has 0 aliphatic rings. The van der Waals surface area contributed by atoms with Crippen LogP contribution < -0.4 is 5.73 Å². The van der Waals surface area contributed by atoms with E-state index in [-0.39, 0.29) is 6.04 Å². The lowest BCUT2D eigenvalue weighted by atomic mass is 9.98. The fourth-order valence-corrected chi connectivity index (χ4v) is 3.43. The first-order chi connectivity index (χ1) is 13.1. The van der Waals surface area contributed by atoms with E-state index in [0.717, 1.165) is 45.7 Å². The molecule has 148 valence electrons. The zero-order valence-electron chi connectivity index (χ0n) is 17.6. The quantitative estimate of drug-likeness (QED) is 0.629. The van der Waals surface area contributed by atoms with Crippen molar-refractivity contribution in [1.29, 1.82) is 0 Å². The summed E-state index contributed by atoms with van der Waals surface area (Å²) >= 11 is 0. The van der Waals surface area contributed by atoms with Crippen LogP contribution in [0.15, 0.2) is 48.5 Å². The highest BCUT2D eigenvalue weighted by molar-refractivity contribution is 5.28. The Balaban J connectivity index is 1.93. The van der Waals surface area contributed by atoms with Gasteiger partial charge in [-0.15, -0.1) is 0 Å². The molecule has 0 saturated carbocycles. The molecule has 0 spiro atoms. The minimum Gasteiger partial charge on any atom is -0.324 e. The molecule has 2 N–H and O–H groups in total. The van der Waals surface area contributed by atoms with E-state index in [0.29, 0.717) is 0 Å². The molecule has 2 rings (SSSR count). The van der Waals surface area contributed by atoms with E-state index in [1.807, 2.05) is 0 Å². The van der Waals surface area contributed by atoms with Crippen molar-refractivity contribution in [1.82, 2.24) is 9.80 Å². The normalized spacial score (nSPS) is 12.7. The monoisotopic (exact) mass is 367 g/mol. The Kier molecular flexibility index (Phi) is 8.99. The first kappa shape index (κ1) is 21.6. The molecular weight excluding hydrogens is 330 g/mol. The Labute approximate surface area is 166 Å². The van der Waals surface area contributed by atoms with Gasteiger partial charge in [-0.05, 0) is 54.9 Å². The van der Waals surface area contributed by atoms with E-state index in [1.165, 1.54) is 22.3 Å². The van der Waals surface area contributed by atoms with Crippen LogP contribution in [-0.4, -0.2) is 36.0 Å². The Morgan fingerprint density at radius 2 is 1.00 bits per heavy atom. The molecule has 0 bridgehead atoms. The number of rotatable bonds is 11. The van der Waals surface area contributed by atoms with Gasteiger partial charge in [-0.2, -0.15) is 0 Å². The van der Waals surface area contributed by atoms with Gasteiger partial charge in [0.25, 0.3) is 0 Å². The summed E-state index contributed by atoms with van der Waals surface area (Å²) in [5, 5.41) is 0. The van der Waals surface area contributed by atoms with Gasteiger partial charge >= 0.3 is 0 Å². The van der Waals surface area contributed by atoms with Crippen LogP contribution in [0, 0.1) is 0 Å². The minimum absolute atomic E-state index is 0.0427. The summed E-state index contributed by atoms with van der Waals surface area (Å²) in [4.78, 5) is 4.86. The van der Waals surface area contributed by atoms with E-state index < -0.39 is 0 Å². The highest BCUT2D eigenvalue weighted by Crippen LogP contribution is 2.18. The van der Waals surface area contributed by atoms with Gasteiger partial charge in [0, 0.05) is 19.1 Å². The number of nitrogens with two attached hydrogens (primary N) is 1. The Morgan fingerprint density at radius 1 is 0.630 bits per heavy atom. The SMILES string of the molecule is CCN(CC)Cc1ccc(CC(N)c2ccc(CN(CC)CC)cc2)cc1. The van der Waals surface area contributed by atoms with Gasteiger partial charge in [-0.25, -0.2) is 0 Å². The lowest BCUT2D eigenvalue weighted by Crippen LogP contribution is -2.22. The molecule has 2 aromatic carbocycles. The lowest BCUT2D eigenvalue weighted by molar-refractivity contribution is 0.296. The number of nitrogens with zero attached hydrogens (tertiary/aromatic N) is 2. The summed E-state index contributed by atoms with van der Waals surface area (Å²) in [6.07, 6.45) is 0.876. The molecule has 2 aromatic rings. The van der Waals surface area contributed by atoms with Crippen molar-refractivity contribution in [3.8, 4) is 0 Å². The third kappa shape index (κ3) is 6.76. The molecular formula is C24H37N3. The van der Waals surface area contributed by atoms with Crippen molar-refractivity contribution in [2.24, 2.45) is 5.73 Å². The van der Waals surface area contributed by atoms with Gasteiger partial charge in [0.1, 0.15) is 0 Å². The first-order valence-corrected chi connectivity index (χ1v) is 10.5. The highest BCUT2D eigenvalue weighted by Gasteiger charge is 2.09. The van der Waals surface area contributed by atoms with Crippen LogP contribution in [0.4, 0.5) is 0 Å². The molecule has 27 heavy (non-hydrogen) atoms. The molecule has 1 unspecified atom stereocenters. The smallest absolute Gasteiger partial charge is 0.0335 e. The zero-order valence-corrected chi connectivity index (χ0v) is 17.6. The second-order valence-electron chi connectivity index (χ2n) is 7.29. The molecule has 0 aliphatic heterocycles. The molecule has 3 heteroatoms. The summed E-state index contributed by atoms with van der Waals surface area (Å²) in [6, 6.07) is 17.8. The minimum atomic E-state index is 0.0427. The number of hydrogen-bond acceptors (Lipinski definition) is 3. The largest absolute Gasteiger partial charge is 0.324 e. The van der Waals surface area contributed by atoms with Gasteiger partial charge in [-0.1, -0.05) is 76.2 Å². The van der Waals surface area contributed by atoms with Crippen LogP contribution in [0.5, 0.6) is 0 Å². The van der Waals surface area contributed by atoms with Crippen LogP contribution in [0.3, 0.4) is 0 Å². The van der Waals surface area contributed by atoms with Crippen LogP contribution in [-0.2, 0) is 19.5 Å². The predicted octanol–water partition coefficient (Wildman–Crippen LogP) is 4.61. The summed E-state index contributed by atoms with van der Waals surface area (Å²) < 4.78 is 0. The predicted molar refractivity (Wildman–Crippen MR) is 117 cm³/mol. The van der Waals surface area contributed by atoms with Crippen LogP contribution in [0.1, 0.15) is 56.0 Å². The van der Waals surface area contributed by atoms with E-state index in [1.54, 1.807) is 0 Å². The van der Waals surface area contributed by atoms with Crippen LogP contribution in [0.25, 0.3) is 0 Å². The van der Waals surface area contributed by atoms with Gasteiger partial charge in [0.2, 0.25) is 0 Å². The van der Waals surface area contributed by atoms with Crippen molar-refractivity contribution < 1.29 is 0 Å². The fraction of sp³-hybridized carbons (Fsp3) is 0.500. The maximum absolute atomic E-state index is 6.47. The average molecular weight is 368 g/mol. The van der Waals surface area contributed by atoms with E-state index >= 15 is 0 Å². The standard InChI is InChI=1S/C24H37N3/c1-5-26(6-2)18-21-11-9-20(10-12-21)17-24(25)23-15-13-22(14-16-23)19-27(7-3)8-4/h9-16,24H,5-8,17-19,25H2,1-4H3. The summed E-state index contributed by atoms with van der Waals surface area (Å²) in [6.45, 7) is 15.2. The molecule has 3 nitrogen and oxygen atoms in total. The van der Waals surface area contributed by atoms with Crippen molar-refractivity contribution in [3.63, 3.8) is 0 Å². The lowest BCUT2D eigenvalue weighted by Gasteiger charge is -2.19. The molecule has 0 heterocycles. The van der Waals surface area contributed by atoms with Gasteiger partial charge in [-0.3, -0.25) is 9.80 Å². The van der Waals surface area contributed by atoms with Crippen molar-refractivity contribution in [3.05, 3.63) is 70.8 Å². The molecule has 0 saturated heterocycles.